The van der Waals surface area contributed by atoms with Crippen molar-refractivity contribution in [2.24, 2.45) is 17.8 Å². The van der Waals surface area contributed by atoms with Crippen molar-refractivity contribution < 1.29 is 44.2 Å². The van der Waals surface area contributed by atoms with Gasteiger partial charge in [0.2, 0.25) is 0 Å². The van der Waals surface area contributed by atoms with Crippen LogP contribution in [0.4, 0.5) is 0 Å². The van der Waals surface area contributed by atoms with Gasteiger partial charge in [-0.2, -0.15) is 0 Å². The summed E-state index contributed by atoms with van der Waals surface area (Å²) in [6.07, 6.45) is -2.37. The Bertz CT molecular complexity index is 871. The summed E-state index contributed by atoms with van der Waals surface area (Å²) >= 11 is 0. The molecule has 0 aromatic rings. The molecule has 2 aliphatic heterocycles. The molecule has 6 N–H and O–H groups in total. The second-order valence-corrected chi connectivity index (χ2v) is 14.3. The number of esters is 1. The second-order valence-electron chi connectivity index (χ2n) is 14.3. The fourth-order valence-corrected chi connectivity index (χ4v) is 6.59. The van der Waals surface area contributed by atoms with Gasteiger partial charge in [-0.3, -0.25) is 4.79 Å². The van der Waals surface area contributed by atoms with E-state index in [1.54, 1.807) is 34.8 Å². The van der Waals surface area contributed by atoms with E-state index in [0.717, 1.165) is 0 Å². The Morgan fingerprint density at radius 3 is 2.24 bits per heavy atom. The molecule has 0 amide bonds. The molecule has 0 saturated carbocycles. The zero-order valence-corrected chi connectivity index (χ0v) is 27.8. The van der Waals surface area contributed by atoms with Crippen LogP contribution in [0, 0.1) is 17.8 Å². The average molecular weight is 605 g/mol. The molecule has 12 atom stereocenters. The minimum atomic E-state index is -1.69. The smallest absolute Gasteiger partial charge is 0.311 e. The van der Waals surface area contributed by atoms with Gasteiger partial charge >= 0.3 is 5.97 Å². The minimum absolute atomic E-state index is 0.0636. The number of aliphatic hydroxyl groups excluding tert-OH is 1. The molecular formula is C31H60N2O9. The summed E-state index contributed by atoms with van der Waals surface area (Å²) in [5.41, 5.74) is -5.12. The number of carbonyl (C=O) groups is 1. The topological polar surface area (TPSA) is 159 Å². The summed E-state index contributed by atoms with van der Waals surface area (Å²) in [6, 6.07) is -0.326. The quantitative estimate of drug-likeness (QED) is 0.245. The number of nitrogens with one attached hydrogen (secondary N) is 2. The van der Waals surface area contributed by atoms with Crippen molar-refractivity contribution in [1.82, 2.24) is 10.6 Å². The van der Waals surface area contributed by atoms with E-state index >= 15 is 0 Å². The van der Waals surface area contributed by atoms with Crippen LogP contribution in [-0.2, 0) is 23.7 Å². The molecule has 0 aromatic heterocycles. The predicted molar refractivity (Wildman–Crippen MR) is 160 cm³/mol. The molecule has 11 nitrogen and oxygen atoms in total. The Morgan fingerprint density at radius 1 is 1.05 bits per heavy atom. The van der Waals surface area contributed by atoms with E-state index in [1.807, 2.05) is 34.6 Å². The summed E-state index contributed by atoms with van der Waals surface area (Å²) in [6.45, 7) is 18.6. The molecule has 248 valence electrons. The number of hydrogen-bond acceptors (Lipinski definition) is 11. The highest BCUT2D eigenvalue weighted by molar-refractivity contribution is 5.72. The van der Waals surface area contributed by atoms with Crippen LogP contribution in [0.5, 0.6) is 0 Å². The lowest BCUT2D eigenvalue weighted by Crippen LogP contribution is -2.70. The number of hydrogen-bond donors (Lipinski definition) is 6. The van der Waals surface area contributed by atoms with Gasteiger partial charge in [-0.25, -0.2) is 0 Å². The Balaban J connectivity index is 2.38. The first kappa shape index (κ1) is 37.3. The first-order valence-electron chi connectivity index (χ1n) is 15.5. The van der Waals surface area contributed by atoms with Crippen LogP contribution in [0.1, 0.15) is 88.5 Å². The van der Waals surface area contributed by atoms with E-state index in [2.05, 4.69) is 10.6 Å². The fraction of sp³-hybridized carbons (Fsp3) is 0.968. The molecule has 0 spiro atoms. The maximum absolute atomic E-state index is 13.4. The van der Waals surface area contributed by atoms with Crippen molar-refractivity contribution >= 4 is 5.97 Å². The number of aliphatic hydroxyl groups is 4. The number of carbonyl (C=O) groups excluding carboxylic acids is 1. The number of methoxy groups -OCH3 is 1. The molecule has 0 aliphatic carbocycles. The molecule has 11 heteroatoms. The second kappa shape index (κ2) is 14.5. The lowest BCUT2D eigenvalue weighted by atomic mass is 9.75. The van der Waals surface area contributed by atoms with E-state index in [1.165, 1.54) is 6.92 Å². The Morgan fingerprint density at radius 2 is 1.67 bits per heavy atom. The van der Waals surface area contributed by atoms with Crippen LogP contribution >= 0.6 is 0 Å². The lowest BCUT2D eigenvalue weighted by molar-refractivity contribution is -0.328. The zero-order chi connectivity index (χ0) is 32.3. The number of rotatable bonds is 6. The predicted octanol–water partition coefficient (Wildman–Crippen LogP) is 1.73. The third kappa shape index (κ3) is 9.08. The van der Waals surface area contributed by atoms with Gasteiger partial charge in [-0.15, -0.1) is 0 Å². The van der Waals surface area contributed by atoms with Gasteiger partial charge in [0, 0.05) is 32.2 Å². The summed E-state index contributed by atoms with van der Waals surface area (Å²) in [7, 11) is 1.55. The highest BCUT2D eigenvalue weighted by Gasteiger charge is 2.57. The van der Waals surface area contributed by atoms with Crippen LogP contribution in [0.3, 0.4) is 0 Å². The third-order valence-corrected chi connectivity index (χ3v) is 9.42. The zero-order valence-electron chi connectivity index (χ0n) is 27.8. The Kier molecular flexibility index (Phi) is 12.9. The van der Waals surface area contributed by atoms with Crippen LogP contribution in [0.15, 0.2) is 0 Å². The van der Waals surface area contributed by atoms with Gasteiger partial charge in [-0.05, 0) is 72.8 Å². The SMILES string of the molecule is CO[C@]1(C)C[C@H](OC2C(C)CC(C)(O)CC(C)CNC(C)C(O)C(C)(O)COC(=O)C2C)O[C@@H](C)[C@@]1(O)CNC(C)C. The largest absolute Gasteiger partial charge is 0.462 e. The molecule has 2 heterocycles. The van der Waals surface area contributed by atoms with E-state index in [0.29, 0.717) is 19.4 Å². The van der Waals surface area contributed by atoms with Gasteiger partial charge in [0.15, 0.2) is 6.29 Å². The van der Waals surface area contributed by atoms with Gasteiger partial charge in [-0.1, -0.05) is 27.7 Å². The molecule has 2 aliphatic rings. The number of cyclic esters (lactones) is 1. The number of ether oxygens (including phenoxy) is 4. The summed E-state index contributed by atoms with van der Waals surface area (Å²) in [4.78, 5) is 13.4. The Hall–Kier alpha value is -0.890. The van der Waals surface area contributed by atoms with E-state index < -0.39 is 71.5 Å². The van der Waals surface area contributed by atoms with E-state index in [9.17, 15) is 25.2 Å². The highest BCUT2D eigenvalue weighted by atomic mass is 16.7. The van der Waals surface area contributed by atoms with Gasteiger partial charge in [0.1, 0.15) is 29.5 Å². The molecule has 0 radical (unpaired) electrons. The van der Waals surface area contributed by atoms with Crippen molar-refractivity contribution in [3.8, 4) is 0 Å². The summed E-state index contributed by atoms with van der Waals surface area (Å²) in [5.74, 6) is -1.63. The molecule has 0 bridgehead atoms. The first-order chi connectivity index (χ1) is 19.2. The van der Waals surface area contributed by atoms with Crippen LogP contribution in [-0.4, -0.2) is 112 Å². The summed E-state index contributed by atoms with van der Waals surface area (Å²) in [5, 5.41) is 51.4. The molecule has 8 unspecified atom stereocenters. The van der Waals surface area contributed by atoms with Crippen molar-refractivity contribution in [1.29, 1.82) is 0 Å². The maximum Gasteiger partial charge on any atom is 0.311 e. The normalized spacial score (nSPS) is 47.0. The standard InChI is InChI=1S/C31H60N2O9/c1-18(2)33-16-31(38)23(7)41-24(14-30(31,10)39-11)42-25-20(4)13-28(8,36)12-19(3)15-32-22(6)26(34)29(9,37)17-40-27(35)21(25)5/h18-26,32-34,36-38H,12-17H2,1-11H3/t19?,20?,21?,22?,23-,24-,25?,26?,28?,29?,30+,31-/m0/s1. The van der Waals surface area contributed by atoms with Crippen LogP contribution in [0.2, 0.25) is 0 Å². The van der Waals surface area contributed by atoms with E-state index in [4.69, 9.17) is 18.9 Å². The molecule has 2 saturated heterocycles. The molecule has 2 rings (SSSR count). The third-order valence-electron chi connectivity index (χ3n) is 9.42. The lowest BCUT2D eigenvalue weighted by Gasteiger charge is -2.53. The van der Waals surface area contributed by atoms with Gasteiger partial charge in [0.25, 0.3) is 0 Å². The average Bonchev–Trinajstić information content (AvgIpc) is 2.88. The summed E-state index contributed by atoms with van der Waals surface area (Å²) < 4.78 is 24.2. The molecule has 2 fully saturated rings. The van der Waals surface area contributed by atoms with Gasteiger partial charge in [0.05, 0.1) is 23.7 Å². The first-order valence-corrected chi connectivity index (χ1v) is 15.5. The van der Waals surface area contributed by atoms with Crippen LogP contribution in [0.25, 0.3) is 0 Å². The van der Waals surface area contributed by atoms with Crippen LogP contribution < -0.4 is 10.6 Å². The molecule has 42 heavy (non-hydrogen) atoms. The van der Waals surface area contributed by atoms with Crippen molar-refractivity contribution in [3.05, 3.63) is 0 Å². The maximum atomic E-state index is 13.4. The van der Waals surface area contributed by atoms with Crippen molar-refractivity contribution in [2.75, 3.05) is 26.8 Å². The molecule has 0 aromatic carbocycles. The minimum Gasteiger partial charge on any atom is -0.462 e. The monoisotopic (exact) mass is 604 g/mol. The fourth-order valence-electron chi connectivity index (χ4n) is 6.59. The van der Waals surface area contributed by atoms with Crippen molar-refractivity contribution in [2.45, 2.75) is 148 Å². The van der Waals surface area contributed by atoms with Gasteiger partial charge < -0.3 is 50.0 Å². The Labute approximate surface area is 253 Å². The molecular weight excluding hydrogens is 544 g/mol. The highest BCUT2D eigenvalue weighted by Crippen LogP contribution is 2.42. The van der Waals surface area contributed by atoms with Crippen molar-refractivity contribution in [3.63, 3.8) is 0 Å². The van der Waals surface area contributed by atoms with E-state index in [-0.39, 0.29) is 30.8 Å².